The smallest absolute Gasteiger partial charge is 0.339 e. The molecule has 0 saturated carbocycles. The minimum Gasteiger partial charge on any atom is -0.465 e. The molecule has 0 aliphatic rings. The molecule has 0 amide bonds. The first kappa shape index (κ1) is 16.8. The van der Waals surface area contributed by atoms with Gasteiger partial charge in [-0.2, -0.15) is 0 Å². The van der Waals surface area contributed by atoms with Gasteiger partial charge in [-0.05, 0) is 36.4 Å². The Balaban J connectivity index is 2.39. The van der Waals surface area contributed by atoms with Gasteiger partial charge in [0.25, 0.3) is 10.0 Å². The third-order valence-corrected chi connectivity index (χ3v) is 4.93. The topological polar surface area (TPSA) is 72.5 Å². The summed E-state index contributed by atoms with van der Waals surface area (Å²) in [4.78, 5) is 11.5. The van der Waals surface area contributed by atoms with Gasteiger partial charge in [-0.25, -0.2) is 13.2 Å². The second kappa shape index (κ2) is 6.68. The van der Waals surface area contributed by atoms with E-state index in [1.54, 1.807) is 24.3 Å². The largest absolute Gasteiger partial charge is 0.465 e. The van der Waals surface area contributed by atoms with Crippen LogP contribution in [0, 0.1) is 0 Å². The van der Waals surface area contributed by atoms with E-state index in [9.17, 15) is 13.2 Å². The van der Waals surface area contributed by atoms with Crippen molar-refractivity contribution in [3.63, 3.8) is 0 Å². The molecule has 2 rings (SSSR count). The van der Waals surface area contributed by atoms with Gasteiger partial charge in [-0.1, -0.05) is 33.6 Å². The molecule has 0 bridgehead atoms. The summed E-state index contributed by atoms with van der Waals surface area (Å²) in [6.07, 6.45) is 0. The maximum Gasteiger partial charge on any atom is 0.339 e. The van der Waals surface area contributed by atoms with Crippen molar-refractivity contribution >= 4 is 49.2 Å². The van der Waals surface area contributed by atoms with Gasteiger partial charge in [0.15, 0.2) is 0 Å². The Labute approximate surface area is 141 Å². The molecule has 5 nitrogen and oxygen atoms in total. The highest BCUT2D eigenvalue weighted by atomic mass is 79.9. The summed E-state index contributed by atoms with van der Waals surface area (Å²) < 4.78 is 32.5. The molecule has 2 aromatic carbocycles. The Bertz CT molecular complexity index is 823. The summed E-state index contributed by atoms with van der Waals surface area (Å²) in [5.41, 5.74) is 0.380. The molecule has 1 N–H and O–H groups in total. The predicted molar refractivity (Wildman–Crippen MR) is 87.7 cm³/mol. The van der Waals surface area contributed by atoms with Crippen LogP contribution >= 0.6 is 27.5 Å². The predicted octanol–water partition coefficient (Wildman–Crippen LogP) is 3.69. The van der Waals surface area contributed by atoms with E-state index >= 15 is 0 Å². The number of halogens is 2. The van der Waals surface area contributed by atoms with Crippen LogP contribution in [0.2, 0.25) is 5.02 Å². The Kier molecular flexibility index (Phi) is 5.10. The lowest BCUT2D eigenvalue weighted by molar-refractivity contribution is 0.0600. The van der Waals surface area contributed by atoms with E-state index < -0.39 is 16.0 Å². The fourth-order valence-electron chi connectivity index (χ4n) is 1.70. The Morgan fingerprint density at radius 3 is 2.59 bits per heavy atom. The van der Waals surface area contributed by atoms with Crippen LogP contribution in [-0.4, -0.2) is 21.5 Å². The Morgan fingerprint density at radius 2 is 1.95 bits per heavy atom. The zero-order valence-electron chi connectivity index (χ0n) is 11.3. The molecule has 22 heavy (non-hydrogen) atoms. The molecular weight excluding hydrogens is 394 g/mol. The molecule has 0 spiro atoms. The highest BCUT2D eigenvalue weighted by Gasteiger charge is 2.19. The number of carbonyl (C=O) groups is 1. The normalized spacial score (nSPS) is 11.0. The number of methoxy groups -OCH3 is 1. The number of rotatable bonds is 4. The molecule has 0 radical (unpaired) electrons. The number of anilines is 1. The van der Waals surface area contributed by atoms with Gasteiger partial charge in [-0.3, -0.25) is 4.72 Å². The number of nitrogens with one attached hydrogen (secondary N) is 1. The van der Waals surface area contributed by atoms with Crippen molar-refractivity contribution in [3.05, 3.63) is 57.5 Å². The van der Waals surface area contributed by atoms with E-state index in [2.05, 4.69) is 25.4 Å². The number of sulfonamides is 1. The average molecular weight is 405 g/mol. The molecular formula is C14H11BrClNO4S. The molecule has 0 aliphatic heterocycles. The molecule has 2 aromatic rings. The van der Waals surface area contributed by atoms with Crippen LogP contribution in [0.15, 0.2) is 51.8 Å². The first-order valence-electron chi connectivity index (χ1n) is 6.00. The maximum atomic E-state index is 12.4. The van der Waals surface area contributed by atoms with E-state index in [0.717, 1.165) is 4.47 Å². The monoisotopic (exact) mass is 403 g/mol. The molecule has 0 saturated heterocycles. The van der Waals surface area contributed by atoms with Gasteiger partial charge in [0.05, 0.1) is 22.6 Å². The van der Waals surface area contributed by atoms with E-state index in [4.69, 9.17) is 11.6 Å². The van der Waals surface area contributed by atoms with Crippen molar-refractivity contribution in [1.29, 1.82) is 0 Å². The summed E-state index contributed by atoms with van der Waals surface area (Å²) in [6, 6.07) is 10.5. The first-order chi connectivity index (χ1) is 10.3. The highest BCUT2D eigenvalue weighted by Crippen LogP contribution is 2.24. The van der Waals surface area contributed by atoms with Crippen LogP contribution in [-0.2, 0) is 14.8 Å². The van der Waals surface area contributed by atoms with E-state index in [0.29, 0.717) is 5.69 Å². The van der Waals surface area contributed by atoms with E-state index in [1.807, 2.05) is 0 Å². The lowest BCUT2D eigenvalue weighted by atomic mass is 10.2. The lowest BCUT2D eigenvalue weighted by Gasteiger charge is -2.10. The summed E-state index contributed by atoms with van der Waals surface area (Å²) in [5, 5.41) is 0.119. The number of hydrogen-bond acceptors (Lipinski definition) is 4. The summed E-state index contributed by atoms with van der Waals surface area (Å²) in [5.74, 6) is -0.704. The molecule has 116 valence electrons. The molecule has 0 atom stereocenters. The standard InChI is InChI=1S/C14H11BrClNO4S/c1-21-14(18)12-8-11(5-6-13(12)16)22(19,20)17-10-4-2-3-9(15)7-10/h2-8,17H,1H3. The van der Waals surface area contributed by atoms with Crippen LogP contribution in [0.25, 0.3) is 0 Å². The Hall–Kier alpha value is -1.57. The zero-order chi connectivity index (χ0) is 16.3. The quantitative estimate of drug-likeness (QED) is 0.789. The second-order valence-electron chi connectivity index (χ2n) is 4.25. The first-order valence-corrected chi connectivity index (χ1v) is 8.65. The van der Waals surface area contributed by atoms with Gasteiger partial charge >= 0.3 is 5.97 Å². The van der Waals surface area contributed by atoms with Crippen LogP contribution in [0.3, 0.4) is 0 Å². The summed E-state index contributed by atoms with van der Waals surface area (Å²) in [7, 11) is -2.65. The lowest BCUT2D eigenvalue weighted by Crippen LogP contribution is -2.14. The van der Waals surface area contributed by atoms with Crippen molar-refractivity contribution in [1.82, 2.24) is 0 Å². The van der Waals surface area contributed by atoms with Crippen molar-refractivity contribution < 1.29 is 17.9 Å². The van der Waals surface area contributed by atoms with Gasteiger partial charge < -0.3 is 4.74 Å². The van der Waals surface area contributed by atoms with Crippen molar-refractivity contribution in [2.45, 2.75) is 4.90 Å². The SMILES string of the molecule is COC(=O)c1cc(S(=O)(=O)Nc2cccc(Br)c2)ccc1Cl. The highest BCUT2D eigenvalue weighted by molar-refractivity contribution is 9.10. The van der Waals surface area contributed by atoms with Crippen LogP contribution in [0.4, 0.5) is 5.69 Å². The number of esters is 1. The third-order valence-electron chi connectivity index (χ3n) is 2.73. The third kappa shape index (κ3) is 3.79. The minimum absolute atomic E-state index is 0.0127. The van der Waals surface area contributed by atoms with Crippen molar-refractivity contribution in [3.8, 4) is 0 Å². The number of hydrogen-bond donors (Lipinski definition) is 1. The van der Waals surface area contributed by atoms with Crippen molar-refractivity contribution in [2.24, 2.45) is 0 Å². The van der Waals surface area contributed by atoms with E-state index in [1.165, 1.54) is 25.3 Å². The fraction of sp³-hybridized carbons (Fsp3) is 0.0714. The molecule has 0 aromatic heterocycles. The van der Waals surface area contributed by atoms with E-state index in [-0.39, 0.29) is 15.5 Å². The van der Waals surface area contributed by atoms with Crippen LogP contribution in [0.1, 0.15) is 10.4 Å². The van der Waals surface area contributed by atoms with Crippen molar-refractivity contribution in [2.75, 3.05) is 11.8 Å². The van der Waals surface area contributed by atoms with Gasteiger partial charge in [0.2, 0.25) is 0 Å². The number of carbonyl (C=O) groups excluding carboxylic acids is 1. The van der Waals surface area contributed by atoms with Crippen LogP contribution in [0.5, 0.6) is 0 Å². The second-order valence-corrected chi connectivity index (χ2v) is 7.25. The fourth-order valence-corrected chi connectivity index (χ4v) is 3.37. The summed E-state index contributed by atoms with van der Waals surface area (Å²) in [6.45, 7) is 0. The molecule has 8 heteroatoms. The molecule has 0 fully saturated rings. The van der Waals surface area contributed by atoms with Gasteiger partial charge in [0.1, 0.15) is 0 Å². The summed E-state index contributed by atoms with van der Waals surface area (Å²) >= 11 is 9.14. The number of benzene rings is 2. The zero-order valence-corrected chi connectivity index (χ0v) is 14.5. The molecule has 0 heterocycles. The molecule has 0 aliphatic carbocycles. The van der Waals surface area contributed by atoms with Gasteiger partial charge in [-0.15, -0.1) is 0 Å². The minimum atomic E-state index is -3.85. The average Bonchev–Trinajstić information content (AvgIpc) is 2.46. The maximum absolute atomic E-state index is 12.4. The number of ether oxygens (including phenoxy) is 1. The Morgan fingerprint density at radius 1 is 1.23 bits per heavy atom. The van der Waals surface area contributed by atoms with Gasteiger partial charge in [0, 0.05) is 10.2 Å². The molecule has 0 unspecified atom stereocenters. The van der Waals surface area contributed by atoms with Crippen LogP contribution < -0.4 is 4.72 Å².